The minimum Gasteiger partial charge on any atom is -0.338 e. The van der Waals surface area contributed by atoms with E-state index in [9.17, 15) is 18.0 Å². The van der Waals surface area contributed by atoms with Gasteiger partial charge < -0.3 is 10.2 Å². The first-order chi connectivity index (χ1) is 9.93. The molecule has 21 heavy (non-hydrogen) atoms. The lowest BCUT2D eigenvalue weighted by molar-refractivity contribution is -0.138. The van der Waals surface area contributed by atoms with E-state index in [0.717, 1.165) is 18.9 Å². The zero-order chi connectivity index (χ0) is 15.5. The Kier molecular flexibility index (Phi) is 4.88. The highest BCUT2D eigenvalue weighted by Gasteiger charge is 2.34. The van der Waals surface area contributed by atoms with Gasteiger partial charge in [-0.05, 0) is 31.5 Å². The molecule has 0 spiro atoms. The summed E-state index contributed by atoms with van der Waals surface area (Å²) in [5, 5.41) is 3.02. The van der Waals surface area contributed by atoms with Crippen molar-refractivity contribution in [3.8, 4) is 0 Å². The molecule has 1 atom stereocenters. The standard InChI is InChI=1S/C15H19F3N2O/c1-19-10-12-6-4-8-20(12)14(21)9-11-5-2-3-7-13(11)15(16,17)18/h2-3,5,7,12,19H,4,6,8-10H2,1H3/t12-/m1/s1. The predicted octanol–water partition coefficient (Wildman–Crippen LogP) is 2.46. The van der Waals surface area contributed by atoms with Crippen LogP contribution in [0.5, 0.6) is 0 Å². The summed E-state index contributed by atoms with van der Waals surface area (Å²) in [6.45, 7) is 1.30. The Labute approximate surface area is 122 Å². The lowest BCUT2D eigenvalue weighted by atomic mass is 10.0. The first-order valence-corrected chi connectivity index (χ1v) is 7.02. The third-order valence-electron chi connectivity index (χ3n) is 3.80. The zero-order valence-electron chi connectivity index (χ0n) is 11.9. The largest absolute Gasteiger partial charge is 0.416 e. The number of benzene rings is 1. The van der Waals surface area contributed by atoms with Crippen molar-refractivity contribution in [3.63, 3.8) is 0 Å². The number of likely N-dealkylation sites (tertiary alicyclic amines) is 1. The van der Waals surface area contributed by atoms with Crippen molar-refractivity contribution in [1.29, 1.82) is 0 Å². The topological polar surface area (TPSA) is 32.3 Å². The fourth-order valence-electron chi connectivity index (χ4n) is 2.83. The van der Waals surface area contributed by atoms with Gasteiger partial charge in [-0.3, -0.25) is 4.79 Å². The average molecular weight is 300 g/mol. The molecule has 1 aliphatic heterocycles. The number of likely N-dealkylation sites (N-methyl/N-ethyl adjacent to an activating group) is 1. The molecule has 1 aromatic carbocycles. The molecule has 0 bridgehead atoms. The van der Waals surface area contributed by atoms with Crippen LogP contribution < -0.4 is 5.32 Å². The van der Waals surface area contributed by atoms with Crippen molar-refractivity contribution in [2.75, 3.05) is 20.1 Å². The molecule has 1 N–H and O–H groups in total. The first kappa shape index (κ1) is 15.8. The summed E-state index contributed by atoms with van der Waals surface area (Å²) in [6, 6.07) is 5.37. The van der Waals surface area contributed by atoms with Gasteiger partial charge in [0.2, 0.25) is 5.91 Å². The van der Waals surface area contributed by atoms with E-state index in [-0.39, 0.29) is 23.9 Å². The van der Waals surface area contributed by atoms with Gasteiger partial charge in [0.1, 0.15) is 0 Å². The Morgan fingerprint density at radius 1 is 1.38 bits per heavy atom. The van der Waals surface area contributed by atoms with Crippen LogP contribution in [-0.2, 0) is 17.4 Å². The number of nitrogens with zero attached hydrogens (tertiary/aromatic N) is 1. The van der Waals surface area contributed by atoms with Crippen LogP contribution >= 0.6 is 0 Å². The maximum absolute atomic E-state index is 12.9. The van der Waals surface area contributed by atoms with Gasteiger partial charge in [-0.1, -0.05) is 18.2 Å². The number of hydrogen-bond acceptors (Lipinski definition) is 2. The van der Waals surface area contributed by atoms with Gasteiger partial charge in [0.15, 0.2) is 0 Å². The van der Waals surface area contributed by atoms with Gasteiger partial charge in [-0.2, -0.15) is 13.2 Å². The summed E-state index contributed by atoms with van der Waals surface area (Å²) < 4.78 is 38.8. The van der Waals surface area contributed by atoms with Crippen LogP contribution in [0.4, 0.5) is 13.2 Å². The molecule has 0 radical (unpaired) electrons. The Bertz CT molecular complexity index is 502. The molecule has 0 aromatic heterocycles. The van der Waals surface area contributed by atoms with Gasteiger partial charge in [0, 0.05) is 19.1 Å². The van der Waals surface area contributed by atoms with Crippen molar-refractivity contribution in [1.82, 2.24) is 10.2 Å². The van der Waals surface area contributed by atoms with Crippen molar-refractivity contribution >= 4 is 5.91 Å². The highest BCUT2D eigenvalue weighted by atomic mass is 19.4. The maximum atomic E-state index is 12.9. The molecule has 1 fully saturated rings. The van der Waals surface area contributed by atoms with Crippen molar-refractivity contribution in [2.45, 2.75) is 31.5 Å². The Morgan fingerprint density at radius 3 is 2.76 bits per heavy atom. The summed E-state index contributed by atoms with van der Waals surface area (Å²) in [5.41, 5.74) is -0.673. The predicted molar refractivity (Wildman–Crippen MR) is 73.8 cm³/mol. The van der Waals surface area contributed by atoms with Crippen LogP contribution in [0.3, 0.4) is 0 Å². The molecule has 0 aliphatic carbocycles. The summed E-state index contributed by atoms with van der Waals surface area (Å²) in [4.78, 5) is 14.0. The lowest BCUT2D eigenvalue weighted by Crippen LogP contribution is -2.41. The smallest absolute Gasteiger partial charge is 0.338 e. The van der Waals surface area contributed by atoms with E-state index in [1.54, 1.807) is 11.9 Å². The Hall–Kier alpha value is -1.56. The van der Waals surface area contributed by atoms with Crippen LogP contribution in [0.2, 0.25) is 0 Å². The van der Waals surface area contributed by atoms with Crippen LogP contribution in [-0.4, -0.2) is 37.0 Å². The molecule has 0 unspecified atom stereocenters. The number of hydrogen-bond donors (Lipinski definition) is 1. The highest BCUT2D eigenvalue weighted by molar-refractivity contribution is 5.79. The number of amides is 1. The number of carbonyl (C=O) groups excluding carboxylic acids is 1. The molecular weight excluding hydrogens is 281 g/mol. The van der Waals surface area contributed by atoms with Crippen molar-refractivity contribution < 1.29 is 18.0 Å². The van der Waals surface area contributed by atoms with E-state index >= 15 is 0 Å². The van der Waals surface area contributed by atoms with Gasteiger partial charge in [0.05, 0.1) is 12.0 Å². The normalized spacial score (nSPS) is 19.0. The van der Waals surface area contributed by atoms with E-state index in [1.807, 2.05) is 0 Å². The third-order valence-corrected chi connectivity index (χ3v) is 3.80. The number of halogens is 3. The summed E-state index contributed by atoms with van der Waals surface area (Å²) in [5.74, 6) is -0.232. The third kappa shape index (κ3) is 3.75. The molecule has 1 aromatic rings. The summed E-state index contributed by atoms with van der Waals surface area (Å²) in [7, 11) is 1.81. The van der Waals surface area contributed by atoms with E-state index < -0.39 is 11.7 Å². The molecule has 1 aliphatic rings. The average Bonchev–Trinajstić information content (AvgIpc) is 2.87. The Balaban J connectivity index is 2.13. The summed E-state index contributed by atoms with van der Waals surface area (Å²) in [6.07, 6.45) is -2.82. The van der Waals surface area contributed by atoms with E-state index in [4.69, 9.17) is 0 Å². The highest BCUT2D eigenvalue weighted by Crippen LogP contribution is 2.32. The molecule has 3 nitrogen and oxygen atoms in total. The van der Waals surface area contributed by atoms with Crippen LogP contribution in [0.1, 0.15) is 24.0 Å². The molecule has 0 saturated carbocycles. The second kappa shape index (κ2) is 6.47. The van der Waals surface area contributed by atoms with Crippen molar-refractivity contribution in [2.24, 2.45) is 0 Å². The number of alkyl halides is 3. The quantitative estimate of drug-likeness (QED) is 0.926. The molecule has 1 amide bonds. The second-order valence-corrected chi connectivity index (χ2v) is 5.27. The summed E-state index contributed by atoms with van der Waals surface area (Å²) >= 11 is 0. The number of nitrogens with one attached hydrogen (secondary N) is 1. The first-order valence-electron chi connectivity index (χ1n) is 7.02. The van der Waals surface area contributed by atoms with Crippen LogP contribution in [0.25, 0.3) is 0 Å². The second-order valence-electron chi connectivity index (χ2n) is 5.27. The number of rotatable bonds is 4. The van der Waals surface area contributed by atoms with Crippen LogP contribution in [0, 0.1) is 0 Å². The van der Waals surface area contributed by atoms with E-state index in [0.29, 0.717) is 13.1 Å². The van der Waals surface area contributed by atoms with Gasteiger partial charge >= 0.3 is 6.18 Å². The van der Waals surface area contributed by atoms with Crippen molar-refractivity contribution in [3.05, 3.63) is 35.4 Å². The maximum Gasteiger partial charge on any atom is 0.416 e. The fourth-order valence-corrected chi connectivity index (χ4v) is 2.83. The van der Waals surface area contributed by atoms with Gasteiger partial charge in [-0.25, -0.2) is 0 Å². The van der Waals surface area contributed by atoms with Gasteiger partial charge in [0.25, 0.3) is 0 Å². The molecule has 2 rings (SSSR count). The molecule has 116 valence electrons. The molecule has 6 heteroatoms. The monoisotopic (exact) mass is 300 g/mol. The molecular formula is C15H19F3N2O. The van der Waals surface area contributed by atoms with E-state index in [1.165, 1.54) is 18.2 Å². The fraction of sp³-hybridized carbons (Fsp3) is 0.533. The zero-order valence-corrected chi connectivity index (χ0v) is 11.9. The van der Waals surface area contributed by atoms with Crippen LogP contribution in [0.15, 0.2) is 24.3 Å². The minimum absolute atomic E-state index is 0.0464. The number of carbonyl (C=O) groups is 1. The molecule has 1 heterocycles. The minimum atomic E-state index is -4.42. The SMILES string of the molecule is CNC[C@H]1CCCN1C(=O)Cc1ccccc1C(F)(F)F. The van der Waals surface area contributed by atoms with E-state index in [2.05, 4.69) is 5.32 Å². The lowest BCUT2D eigenvalue weighted by Gasteiger charge is -2.25. The molecule has 1 saturated heterocycles. The Morgan fingerprint density at radius 2 is 2.10 bits per heavy atom. The van der Waals surface area contributed by atoms with Gasteiger partial charge in [-0.15, -0.1) is 0 Å².